The number of likely N-dealkylation sites (tertiary alicyclic amines) is 1. The van der Waals surface area contributed by atoms with Gasteiger partial charge in [0, 0.05) is 45.0 Å². The van der Waals surface area contributed by atoms with Crippen LogP contribution in [-0.2, 0) is 19.6 Å². The molecule has 0 aliphatic carbocycles. The monoisotopic (exact) mass is 604 g/mol. The van der Waals surface area contributed by atoms with E-state index in [9.17, 15) is 40.7 Å². The van der Waals surface area contributed by atoms with Gasteiger partial charge in [-0.3, -0.25) is 14.4 Å². The van der Waals surface area contributed by atoms with Crippen LogP contribution in [0.15, 0.2) is 47.4 Å². The number of anilines is 2. The molecule has 0 spiro atoms. The van der Waals surface area contributed by atoms with Crippen molar-refractivity contribution in [2.75, 3.05) is 55.4 Å². The highest BCUT2D eigenvalue weighted by molar-refractivity contribution is 7.92. The molecule has 0 aromatic heterocycles. The molecule has 4 rings (SSSR count). The maximum Gasteiger partial charge on any atom is 0.490 e. The second kappa shape index (κ2) is 13.2. The first kappa shape index (κ1) is 31.6. The summed E-state index contributed by atoms with van der Waals surface area (Å²) in [6, 6.07) is 8.79. The molecule has 2 aromatic rings. The SMILES string of the molecule is O=C(O)C(F)(F)F.O=C(O)c1cc(N2CCN(CC(=O)N3CCCC3)CC2)ccc1NS(=O)(=O)c1ccc(F)cc1. The third-order valence-corrected chi connectivity index (χ3v) is 7.78. The zero-order valence-electron chi connectivity index (χ0n) is 21.6. The highest BCUT2D eigenvalue weighted by atomic mass is 32.2. The lowest BCUT2D eigenvalue weighted by Crippen LogP contribution is -2.49. The molecule has 2 aromatic carbocycles. The Morgan fingerprint density at radius 1 is 0.878 bits per heavy atom. The van der Waals surface area contributed by atoms with Crippen LogP contribution in [0.4, 0.5) is 28.9 Å². The molecule has 2 aliphatic rings. The fourth-order valence-electron chi connectivity index (χ4n) is 4.23. The molecule has 0 saturated carbocycles. The van der Waals surface area contributed by atoms with Gasteiger partial charge in [-0.2, -0.15) is 13.2 Å². The van der Waals surface area contributed by atoms with Crippen molar-refractivity contribution in [3.63, 3.8) is 0 Å². The topological polar surface area (TPSA) is 148 Å². The lowest BCUT2D eigenvalue weighted by atomic mass is 10.1. The van der Waals surface area contributed by atoms with Gasteiger partial charge in [-0.1, -0.05) is 0 Å². The van der Waals surface area contributed by atoms with E-state index in [4.69, 9.17) is 9.90 Å². The van der Waals surface area contributed by atoms with Crippen LogP contribution >= 0.6 is 0 Å². The molecular weight excluding hydrogens is 576 g/mol. The van der Waals surface area contributed by atoms with Crippen molar-refractivity contribution < 1.29 is 50.6 Å². The summed E-state index contributed by atoms with van der Waals surface area (Å²) in [6.07, 6.45) is -2.97. The number of nitrogens with zero attached hydrogens (tertiary/aromatic N) is 3. The zero-order valence-corrected chi connectivity index (χ0v) is 22.4. The second-order valence-corrected chi connectivity index (χ2v) is 10.9. The van der Waals surface area contributed by atoms with Crippen LogP contribution in [0.25, 0.3) is 0 Å². The fraction of sp³-hybridized carbons (Fsp3) is 0.400. The van der Waals surface area contributed by atoms with Crippen LogP contribution in [0.3, 0.4) is 0 Å². The van der Waals surface area contributed by atoms with Crippen molar-refractivity contribution in [2.45, 2.75) is 23.9 Å². The van der Waals surface area contributed by atoms with E-state index < -0.39 is 34.0 Å². The molecule has 224 valence electrons. The van der Waals surface area contributed by atoms with E-state index in [1.165, 1.54) is 12.1 Å². The van der Waals surface area contributed by atoms with E-state index >= 15 is 0 Å². The number of halogens is 4. The van der Waals surface area contributed by atoms with Gasteiger partial charge in [-0.25, -0.2) is 22.4 Å². The summed E-state index contributed by atoms with van der Waals surface area (Å²) >= 11 is 0. The molecule has 0 unspecified atom stereocenters. The molecule has 16 heteroatoms. The summed E-state index contributed by atoms with van der Waals surface area (Å²) in [5, 5.41) is 16.8. The highest BCUT2D eigenvalue weighted by Crippen LogP contribution is 2.27. The number of nitrogens with one attached hydrogen (secondary N) is 1. The number of carboxylic acid groups (broad SMARTS) is 2. The Balaban J connectivity index is 0.000000587. The summed E-state index contributed by atoms with van der Waals surface area (Å²) in [7, 11) is -4.09. The van der Waals surface area contributed by atoms with E-state index in [0.717, 1.165) is 50.2 Å². The number of aromatic carboxylic acids is 1. The predicted molar refractivity (Wildman–Crippen MR) is 139 cm³/mol. The molecule has 2 heterocycles. The number of carbonyl (C=O) groups excluding carboxylic acids is 1. The van der Waals surface area contributed by atoms with Gasteiger partial charge < -0.3 is 20.0 Å². The van der Waals surface area contributed by atoms with Crippen molar-refractivity contribution in [1.29, 1.82) is 0 Å². The number of amides is 1. The number of rotatable bonds is 7. The second-order valence-electron chi connectivity index (χ2n) is 9.25. The Morgan fingerprint density at radius 3 is 1.95 bits per heavy atom. The minimum absolute atomic E-state index is 0.0737. The summed E-state index contributed by atoms with van der Waals surface area (Å²) in [6.45, 7) is 4.61. The van der Waals surface area contributed by atoms with Crippen molar-refractivity contribution in [3.05, 3.63) is 53.8 Å². The van der Waals surface area contributed by atoms with Crippen LogP contribution in [0.2, 0.25) is 0 Å². The molecule has 2 aliphatic heterocycles. The average molecular weight is 605 g/mol. The normalized spacial score (nSPS) is 16.1. The molecular formula is C25H28F4N4O7S. The Hall–Kier alpha value is -3.92. The lowest BCUT2D eigenvalue weighted by Gasteiger charge is -2.36. The molecule has 3 N–H and O–H groups in total. The third kappa shape index (κ3) is 8.78. The summed E-state index contributed by atoms with van der Waals surface area (Å²) in [5.74, 6) is -4.45. The number of piperazine rings is 1. The zero-order chi connectivity index (χ0) is 30.4. The minimum Gasteiger partial charge on any atom is -0.478 e. The fourth-order valence-corrected chi connectivity index (χ4v) is 5.31. The molecule has 0 radical (unpaired) electrons. The Bertz CT molecular complexity index is 1360. The van der Waals surface area contributed by atoms with Crippen molar-refractivity contribution >= 4 is 39.2 Å². The number of carbonyl (C=O) groups is 3. The van der Waals surface area contributed by atoms with E-state index in [0.29, 0.717) is 38.4 Å². The summed E-state index contributed by atoms with van der Waals surface area (Å²) in [4.78, 5) is 39.0. The van der Waals surface area contributed by atoms with Gasteiger partial charge >= 0.3 is 18.1 Å². The van der Waals surface area contributed by atoms with E-state index in [1.807, 2.05) is 9.80 Å². The number of hydrogen-bond donors (Lipinski definition) is 3. The van der Waals surface area contributed by atoms with Gasteiger partial charge in [-0.05, 0) is 55.3 Å². The molecule has 2 saturated heterocycles. The van der Waals surface area contributed by atoms with Gasteiger partial charge in [0.1, 0.15) is 5.82 Å². The smallest absolute Gasteiger partial charge is 0.478 e. The maximum atomic E-state index is 13.1. The van der Waals surface area contributed by atoms with Gasteiger partial charge in [0.2, 0.25) is 5.91 Å². The number of hydrogen-bond acceptors (Lipinski definition) is 7. The van der Waals surface area contributed by atoms with Gasteiger partial charge in [-0.15, -0.1) is 0 Å². The largest absolute Gasteiger partial charge is 0.490 e. The first-order chi connectivity index (χ1) is 19.2. The van der Waals surface area contributed by atoms with Gasteiger partial charge in [0.25, 0.3) is 10.0 Å². The maximum absolute atomic E-state index is 13.1. The Morgan fingerprint density at radius 2 is 1.44 bits per heavy atom. The van der Waals surface area contributed by atoms with Crippen LogP contribution in [0.5, 0.6) is 0 Å². The molecule has 2 fully saturated rings. The number of benzene rings is 2. The molecule has 11 nitrogen and oxygen atoms in total. The van der Waals surface area contributed by atoms with Crippen LogP contribution in [0.1, 0.15) is 23.2 Å². The standard InChI is InChI=1S/C23H27FN4O5S.C2HF3O2/c24-17-3-6-19(7-4-17)34(32,33)25-21-8-5-18(15-20(21)23(30)31)27-13-11-26(12-14-27)16-22(29)28-9-1-2-10-28;3-2(4,5)1(6)7/h3-8,15,25H,1-2,9-14,16H2,(H,30,31);(H,6,7). The first-order valence-electron chi connectivity index (χ1n) is 12.4. The third-order valence-electron chi connectivity index (χ3n) is 6.40. The molecule has 0 bridgehead atoms. The number of sulfonamides is 1. The summed E-state index contributed by atoms with van der Waals surface area (Å²) in [5.41, 5.74) is 0.401. The van der Waals surface area contributed by atoms with Crippen molar-refractivity contribution in [2.24, 2.45) is 0 Å². The van der Waals surface area contributed by atoms with Crippen LogP contribution in [0, 0.1) is 5.82 Å². The number of aliphatic carboxylic acids is 1. The predicted octanol–water partition coefficient (Wildman–Crippen LogP) is 2.70. The highest BCUT2D eigenvalue weighted by Gasteiger charge is 2.38. The van der Waals surface area contributed by atoms with Gasteiger partial charge in [0.15, 0.2) is 0 Å². The first-order valence-corrected chi connectivity index (χ1v) is 13.9. The van der Waals surface area contributed by atoms with E-state index in [1.54, 1.807) is 6.07 Å². The van der Waals surface area contributed by atoms with E-state index in [2.05, 4.69) is 9.62 Å². The summed E-state index contributed by atoms with van der Waals surface area (Å²) < 4.78 is 72.4. The minimum atomic E-state index is -5.08. The van der Waals surface area contributed by atoms with Crippen LogP contribution < -0.4 is 9.62 Å². The van der Waals surface area contributed by atoms with Crippen molar-refractivity contribution in [3.8, 4) is 0 Å². The number of alkyl halides is 3. The van der Waals surface area contributed by atoms with E-state index in [-0.39, 0.29) is 22.1 Å². The molecule has 1 amide bonds. The Kier molecular flexibility index (Phi) is 10.1. The quantitative estimate of drug-likeness (QED) is 0.406. The molecule has 41 heavy (non-hydrogen) atoms. The molecule has 0 atom stereocenters. The average Bonchev–Trinajstić information content (AvgIpc) is 3.45. The van der Waals surface area contributed by atoms with Crippen molar-refractivity contribution in [1.82, 2.24) is 9.80 Å². The Labute approximate surface area is 233 Å². The van der Waals surface area contributed by atoms with Crippen LogP contribution in [-0.4, -0.2) is 98.3 Å². The lowest BCUT2D eigenvalue weighted by molar-refractivity contribution is -0.192. The number of carboxylic acids is 2. The van der Waals surface area contributed by atoms with Gasteiger partial charge in [0.05, 0.1) is 22.7 Å².